The number of carbonyl (C=O) groups is 1. The quantitative estimate of drug-likeness (QED) is 0.877. The van der Waals surface area contributed by atoms with Crippen LogP contribution in [0.4, 0.5) is 10.5 Å². The zero-order chi connectivity index (χ0) is 16.9. The van der Waals surface area contributed by atoms with E-state index in [-0.39, 0.29) is 18.2 Å². The van der Waals surface area contributed by atoms with Crippen LogP contribution in [0, 0.1) is 0 Å². The molecule has 0 saturated carbocycles. The van der Waals surface area contributed by atoms with Gasteiger partial charge >= 0.3 is 6.03 Å². The summed E-state index contributed by atoms with van der Waals surface area (Å²) in [5, 5.41) is 10.1. The van der Waals surface area contributed by atoms with E-state index in [1.807, 2.05) is 28.7 Å². The highest BCUT2D eigenvalue weighted by molar-refractivity contribution is 5.89. The van der Waals surface area contributed by atoms with Gasteiger partial charge in [-0.3, -0.25) is 4.68 Å². The van der Waals surface area contributed by atoms with E-state index in [9.17, 15) is 4.79 Å². The molecule has 8 heteroatoms. The standard InChI is InChI=1S/C16H24N6O2/c1-3-5-22-10-13(8-18-22)20-16(23)19-12-4-6-24-15(7-12)14-9-17-11-21(14)2/h8-12,15H,3-7H2,1-2H3,(H2,19,20,23)/t12-,15-/m0/s1. The second-order valence-electron chi connectivity index (χ2n) is 6.10. The minimum absolute atomic E-state index is 0.0381. The van der Waals surface area contributed by atoms with Crippen LogP contribution in [0.1, 0.15) is 38.0 Å². The van der Waals surface area contributed by atoms with Gasteiger partial charge in [0.25, 0.3) is 0 Å². The first-order valence-electron chi connectivity index (χ1n) is 8.33. The van der Waals surface area contributed by atoms with Crippen molar-refractivity contribution in [2.45, 2.75) is 44.9 Å². The molecule has 24 heavy (non-hydrogen) atoms. The van der Waals surface area contributed by atoms with Crippen molar-refractivity contribution >= 4 is 11.7 Å². The van der Waals surface area contributed by atoms with Crippen molar-refractivity contribution in [3.8, 4) is 0 Å². The summed E-state index contributed by atoms with van der Waals surface area (Å²) in [4.78, 5) is 16.3. The average Bonchev–Trinajstić information content (AvgIpc) is 3.17. The molecule has 1 aliphatic heterocycles. The van der Waals surface area contributed by atoms with Gasteiger partial charge < -0.3 is 19.9 Å². The third-order valence-corrected chi connectivity index (χ3v) is 4.15. The number of nitrogens with zero attached hydrogens (tertiary/aromatic N) is 4. The number of ether oxygens (including phenoxy) is 1. The van der Waals surface area contributed by atoms with Crippen LogP contribution < -0.4 is 10.6 Å². The predicted molar refractivity (Wildman–Crippen MR) is 89.6 cm³/mol. The van der Waals surface area contributed by atoms with Crippen LogP contribution >= 0.6 is 0 Å². The third-order valence-electron chi connectivity index (χ3n) is 4.15. The number of hydrogen-bond acceptors (Lipinski definition) is 4. The van der Waals surface area contributed by atoms with E-state index in [0.717, 1.165) is 31.5 Å². The lowest BCUT2D eigenvalue weighted by molar-refractivity contribution is -0.00151. The van der Waals surface area contributed by atoms with Gasteiger partial charge in [0.15, 0.2) is 0 Å². The Morgan fingerprint density at radius 1 is 1.46 bits per heavy atom. The molecule has 1 fully saturated rings. The number of aryl methyl sites for hydroxylation is 2. The van der Waals surface area contributed by atoms with Crippen molar-refractivity contribution in [2.75, 3.05) is 11.9 Å². The first-order valence-corrected chi connectivity index (χ1v) is 8.33. The number of nitrogens with one attached hydrogen (secondary N) is 2. The van der Waals surface area contributed by atoms with E-state index in [1.54, 1.807) is 12.5 Å². The smallest absolute Gasteiger partial charge is 0.319 e. The average molecular weight is 332 g/mol. The molecule has 0 spiro atoms. The van der Waals surface area contributed by atoms with Crippen molar-refractivity contribution in [2.24, 2.45) is 7.05 Å². The fraction of sp³-hybridized carbons (Fsp3) is 0.562. The molecule has 0 unspecified atom stereocenters. The molecule has 2 N–H and O–H groups in total. The summed E-state index contributed by atoms with van der Waals surface area (Å²) in [7, 11) is 1.95. The number of rotatable bonds is 5. The molecule has 0 radical (unpaired) electrons. The van der Waals surface area contributed by atoms with Crippen molar-refractivity contribution in [1.82, 2.24) is 24.6 Å². The van der Waals surface area contributed by atoms with Crippen molar-refractivity contribution in [1.29, 1.82) is 0 Å². The second kappa shape index (κ2) is 7.48. The number of aromatic nitrogens is 4. The molecule has 2 amide bonds. The molecule has 0 aliphatic carbocycles. The number of carbonyl (C=O) groups excluding carboxylic acids is 1. The molecule has 3 heterocycles. The molecule has 1 saturated heterocycles. The van der Waals surface area contributed by atoms with Gasteiger partial charge in [0.2, 0.25) is 0 Å². The van der Waals surface area contributed by atoms with E-state index < -0.39 is 0 Å². The van der Waals surface area contributed by atoms with Gasteiger partial charge in [-0.25, -0.2) is 9.78 Å². The van der Waals surface area contributed by atoms with Crippen LogP contribution in [0.5, 0.6) is 0 Å². The fourth-order valence-electron chi connectivity index (χ4n) is 2.94. The van der Waals surface area contributed by atoms with Crippen LogP contribution in [0.25, 0.3) is 0 Å². The molecule has 2 atom stereocenters. The minimum atomic E-state index is -0.207. The van der Waals surface area contributed by atoms with E-state index >= 15 is 0 Å². The number of anilines is 1. The van der Waals surface area contributed by atoms with Crippen molar-refractivity contribution in [3.05, 3.63) is 30.6 Å². The second-order valence-corrected chi connectivity index (χ2v) is 6.10. The van der Waals surface area contributed by atoms with Gasteiger partial charge in [-0.2, -0.15) is 5.10 Å². The Morgan fingerprint density at radius 3 is 3.08 bits per heavy atom. The lowest BCUT2D eigenvalue weighted by Crippen LogP contribution is -2.42. The van der Waals surface area contributed by atoms with E-state index in [0.29, 0.717) is 12.3 Å². The van der Waals surface area contributed by atoms with Gasteiger partial charge in [-0.15, -0.1) is 0 Å². The molecule has 0 bridgehead atoms. The summed E-state index contributed by atoms with van der Waals surface area (Å²) in [5.41, 5.74) is 1.74. The first-order chi connectivity index (χ1) is 11.7. The number of hydrogen-bond donors (Lipinski definition) is 2. The molecule has 3 rings (SSSR count). The molecule has 1 aliphatic rings. The summed E-state index contributed by atoms with van der Waals surface area (Å²) in [6.45, 7) is 3.55. The Balaban J connectivity index is 1.53. The Hall–Kier alpha value is -2.35. The molecule has 130 valence electrons. The van der Waals surface area contributed by atoms with Gasteiger partial charge in [-0.05, 0) is 19.3 Å². The number of amides is 2. The first kappa shape index (κ1) is 16.5. The van der Waals surface area contributed by atoms with Gasteiger partial charge in [-0.1, -0.05) is 6.92 Å². The maximum atomic E-state index is 12.2. The van der Waals surface area contributed by atoms with Gasteiger partial charge in [0, 0.05) is 32.4 Å². The summed E-state index contributed by atoms with van der Waals surface area (Å²) >= 11 is 0. The summed E-state index contributed by atoms with van der Waals surface area (Å²) < 4.78 is 9.59. The molecule has 8 nitrogen and oxygen atoms in total. The van der Waals surface area contributed by atoms with Crippen molar-refractivity contribution < 1.29 is 9.53 Å². The highest BCUT2D eigenvalue weighted by atomic mass is 16.5. The summed E-state index contributed by atoms with van der Waals surface area (Å²) in [5.74, 6) is 0. The molecule has 2 aromatic heterocycles. The van der Waals surface area contributed by atoms with Crippen LogP contribution in [0.2, 0.25) is 0 Å². The van der Waals surface area contributed by atoms with Crippen molar-refractivity contribution in [3.63, 3.8) is 0 Å². The Kier molecular flexibility index (Phi) is 5.14. The maximum Gasteiger partial charge on any atom is 0.319 e. The lowest BCUT2D eigenvalue weighted by atomic mass is 10.0. The molecular weight excluding hydrogens is 308 g/mol. The van der Waals surface area contributed by atoms with Crippen LogP contribution in [-0.2, 0) is 18.3 Å². The largest absolute Gasteiger partial charge is 0.372 e. The Morgan fingerprint density at radius 2 is 2.33 bits per heavy atom. The number of imidazole rings is 1. The normalized spacial score (nSPS) is 20.8. The Labute approximate surface area is 141 Å². The molecule has 2 aromatic rings. The zero-order valence-electron chi connectivity index (χ0n) is 14.1. The highest BCUT2D eigenvalue weighted by Gasteiger charge is 2.26. The molecular formula is C16H24N6O2. The predicted octanol–water partition coefficient (Wildman–Crippen LogP) is 2.07. The Bertz CT molecular complexity index is 680. The minimum Gasteiger partial charge on any atom is -0.372 e. The fourth-order valence-corrected chi connectivity index (χ4v) is 2.94. The van der Waals surface area contributed by atoms with E-state index in [4.69, 9.17) is 4.74 Å². The monoisotopic (exact) mass is 332 g/mol. The SMILES string of the molecule is CCCn1cc(NC(=O)N[C@H]2CCO[C@H](c3cncn3C)C2)cn1. The van der Waals surface area contributed by atoms with Gasteiger partial charge in [0.05, 0.1) is 30.1 Å². The zero-order valence-corrected chi connectivity index (χ0v) is 14.1. The van der Waals surface area contributed by atoms with E-state index in [1.165, 1.54) is 0 Å². The lowest BCUT2D eigenvalue weighted by Gasteiger charge is -2.30. The summed E-state index contributed by atoms with van der Waals surface area (Å²) in [6, 6.07) is -0.133. The molecule has 0 aromatic carbocycles. The van der Waals surface area contributed by atoms with Crippen LogP contribution in [-0.4, -0.2) is 38.0 Å². The summed E-state index contributed by atoms with van der Waals surface area (Å²) in [6.07, 6.45) is 9.59. The third kappa shape index (κ3) is 3.94. The van der Waals surface area contributed by atoms with Crippen LogP contribution in [0.15, 0.2) is 24.9 Å². The maximum absolute atomic E-state index is 12.2. The van der Waals surface area contributed by atoms with Gasteiger partial charge in [0.1, 0.15) is 6.10 Å². The van der Waals surface area contributed by atoms with E-state index in [2.05, 4.69) is 27.6 Å². The number of urea groups is 1. The highest BCUT2D eigenvalue weighted by Crippen LogP contribution is 2.27. The topological polar surface area (TPSA) is 86.0 Å². The van der Waals surface area contributed by atoms with Crippen LogP contribution in [0.3, 0.4) is 0 Å².